The molecular weight excluding hydrogens is 396 g/mol. The van der Waals surface area contributed by atoms with Gasteiger partial charge in [0.05, 0.1) is 18.7 Å². The lowest BCUT2D eigenvalue weighted by Crippen LogP contribution is -2.30. The third-order valence-corrected chi connectivity index (χ3v) is 5.30. The highest BCUT2D eigenvalue weighted by Gasteiger charge is 2.22. The summed E-state index contributed by atoms with van der Waals surface area (Å²) in [6.45, 7) is 2.39. The fourth-order valence-electron chi connectivity index (χ4n) is 3.76. The molecule has 1 aliphatic rings. The third-order valence-electron chi connectivity index (χ3n) is 5.30. The Balaban J connectivity index is 1.39. The molecule has 8 nitrogen and oxygen atoms in total. The normalized spacial score (nSPS) is 15.9. The number of amides is 1. The molecule has 8 heteroatoms. The number of H-pyrrole nitrogens is 1. The predicted molar refractivity (Wildman–Crippen MR) is 116 cm³/mol. The smallest absolute Gasteiger partial charge is 0.322 e. The van der Waals surface area contributed by atoms with Crippen LogP contribution in [0.5, 0.6) is 23.3 Å². The van der Waals surface area contributed by atoms with Crippen LogP contribution in [0.3, 0.4) is 0 Å². The largest absolute Gasteiger partial charge is 0.493 e. The number of carbonyl (C=O) groups excluding carboxylic acids is 1. The number of hydrogen-bond donors (Lipinski definition) is 2. The van der Waals surface area contributed by atoms with E-state index < -0.39 is 0 Å². The standard InChI is InChI=1S/C23H22N4O4/c1-13-7-14-8-17(4-5-18(14)25-13)31-23-24-11-15-9-20(29-2)21(10-19(15)27-23)30-12-16-3-6-22(28)26-16/h4-5,7-11,16,25H,3,6,12H2,1-2H3,(H,26,28)/t16-/m1/s1. The first kappa shape index (κ1) is 19.2. The molecule has 0 spiro atoms. The highest BCUT2D eigenvalue weighted by molar-refractivity contribution is 5.83. The van der Waals surface area contributed by atoms with E-state index in [0.717, 1.165) is 28.4 Å². The van der Waals surface area contributed by atoms with Gasteiger partial charge in [-0.25, -0.2) is 4.98 Å². The number of methoxy groups -OCH3 is 1. The fourth-order valence-corrected chi connectivity index (χ4v) is 3.76. The minimum absolute atomic E-state index is 0.00387. The number of ether oxygens (including phenoxy) is 3. The van der Waals surface area contributed by atoms with Crippen molar-refractivity contribution in [1.82, 2.24) is 20.3 Å². The number of aromatic nitrogens is 3. The van der Waals surface area contributed by atoms with Gasteiger partial charge in [-0.1, -0.05) is 0 Å². The van der Waals surface area contributed by atoms with Crippen molar-refractivity contribution in [3.05, 3.63) is 48.3 Å². The first-order valence-electron chi connectivity index (χ1n) is 10.1. The maximum absolute atomic E-state index is 11.4. The minimum atomic E-state index is 0.00387. The molecular formula is C23H22N4O4. The molecule has 0 unspecified atom stereocenters. The number of rotatable bonds is 6. The van der Waals surface area contributed by atoms with Gasteiger partial charge < -0.3 is 24.5 Å². The van der Waals surface area contributed by atoms with Crippen LogP contribution in [0.25, 0.3) is 21.8 Å². The lowest BCUT2D eigenvalue weighted by molar-refractivity contribution is -0.119. The summed E-state index contributed by atoms with van der Waals surface area (Å²) >= 11 is 0. The zero-order chi connectivity index (χ0) is 21.4. The number of hydrogen-bond acceptors (Lipinski definition) is 6. The van der Waals surface area contributed by atoms with Crippen molar-refractivity contribution in [3.8, 4) is 23.3 Å². The van der Waals surface area contributed by atoms with E-state index in [2.05, 4.69) is 26.3 Å². The van der Waals surface area contributed by atoms with Crippen molar-refractivity contribution in [2.75, 3.05) is 13.7 Å². The zero-order valence-corrected chi connectivity index (χ0v) is 17.3. The summed E-state index contributed by atoms with van der Waals surface area (Å²) < 4.78 is 17.3. The van der Waals surface area contributed by atoms with Crippen LogP contribution in [0.15, 0.2) is 42.6 Å². The summed E-state index contributed by atoms with van der Waals surface area (Å²) in [5.74, 6) is 1.86. The van der Waals surface area contributed by atoms with E-state index in [9.17, 15) is 4.79 Å². The van der Waals surface area contributed by atoms with E-state index in [1.54, 1.807) is 19.4 Å². The number of aromatic amines is 1. The number of benzene rings is 2. The summed E-state index contributed by atoms with van der Waals surface area (Å²) in [6.07, 6.45) is 2.99. The summed E-state index contributed by atoms with van der Waals surface area (Å²) in [7, 11) is 1.59. The monoisotopic (exact) mass is 418 g/mol. The molecule has 0 radical (unpaired) electrons. The van der Waals surface area contributed by atoms with Gasteiger partial charge in [0.2, 0.25) is 5.91 Å². The van der Waals surface area contributed by atoms with Crippen molar-refractivity contribution < 1.29 is 19.0 Å². The van der Waals surface area contributed by atoms with E-state index in [0.29, 0.717) is 35.8 Å². The van der Waals surface area contributed by atoms with Gasteiger partial charge in [0.1, 0.15) is 12.4 Å². The zero-order valence-electron chi connectivity index (χ0n) is 17.3. The molecule has 4 aromatic rings. The highest BCUT2D eigenvalue weighted by atomic mass is 16.5. The van der Waals surface area contributed by atoms with Crippen LogP contribution in [0.4, 0.5) is 0 Å². The van der Waals surface area contributed by atoms with Crippen LogP contribution >= 0.6 is 0 Å². The third kappa shape index (κ3) is 3.96. The second kappa shape index (κ2) is 7.79. The molecule has 1 aliphatic heterocycles. The number of fused-ring (bicyclic) bond motifs is 2. The molecule has 2 N–H and O–H groups in total. The lowest BCUT2D eigenvalue weighted by Gasteiger charge is -2.15. The predicted octanol–water partition coefficient (Wildman–Crippen LogP) is 3.88. The van der Waals surface area contributed by atoms with E-state index in [1.807, 2.05) is 31.2 Å². The van der Waals surface area contributed by atoms with Crippen molar-refractivity contribution >= 4 is 27.7 Å². The van der Waals surface area contributed by atoms with Gasteiger partial charge in [-0.05, 0) is 43.7 Å². The van der Waals surface area contributed by atoms with Crippen molar-refractivity contribution in [2.45, 2.75) is 25.8 Å². The van der Waals surface area contributed by atoms with Crippen molar-refractivity contribution in [3.63, 3.8) is 0 Å². The average molecular weight is 418 g/mol. The summed E-state index contributed by atoms with van der Waals surface area (Å²) in [6, 6.07) is 11.7. The van der Waals surface area contributed by atoms with E-state index in [-0.39, 0.29) is 18.0 Å². The second-order valence-corrected chi connectivity index (χ2v) is 7.63. The highest BCUT2D eigenvalue weighted by Crippen LogP contribution is 2.33. The van der Waals surface area contributed by atoms with Crippen LogP contribution in [0.1, 0.15) is 18.5 Å². The Hall–Kier alpha value is -3.81. The molecule has 2 aromatic carbocycles. The van der Waals surface area contributed by atoms with Crippen molar-refractivity contribution in [1.29, 1.82) is 0 Å². The Morgan fingerprint density at radius 1 is 1.13 bits per heavy atom. The van der Waals surface area contributed by atoms with Crippen LogP contribution in [0, 0.1) is 6.92 Å². The maximum atomic E-state index is 11.4. The van der Waals surface area contributed by atoms with Crippen molar-refractivity contribution in [2.24, 2.45) is 0 Å². The van der Waals surface area contributed by atoms with Gasteiger partial charge in [-0.15, -0.1) is 0 Å². The molecule has 31 heavy (non-hydrogen) atoms. The Labute approximate surface area is 178 Å². The van der Waals surface area contributed by atoms with E-state index >= 15 is 0 Å². The number of nitrogens with one attached hydrogen (secondary N) is 2. The Morgan fingerprint density at radius 2 is 2.03 bits per heavy atom. The lowest BCUT2D eigenvalue weighted by atomic mass is 10.2. The number of carbonyl (C=O) groups is 1. The maximum Gasteiger partial charge on any atom is 0.322 e. The first-order valence-corrected chi connectivity index (χ1v) is 10.1. The molecule has 2 aromatic heterocycles. The van der Waals surface area contributed by atoms with Gasteiger partial charge in [0.15, 0.2) is 11.5 Å². The molecule has 0 aliphatic carbocycles. The molecule has 1 fully saturated rings. The average Bonchev–Trinajstić information content (AvgIpc) is 3.35. The first-order chi connectivity index (χ1) is 15.1. The van der Waals surface area contributed by atoms with E-state index in [4.69, 9.17) is 14.2 Å². The summed E-state index contributed by atoms with van der Waals surface area (Å²) in [5.41, 5.74) is 2.82. The Kier molecular flexibility index (Phi) is 4.82. The summed E-state index contributed by atoms with van der Waals surface area (Å²) in [4.78, 5) is 23.6. The number of nitrogens with zero attached hydrogens (tertiary/aromatic N) is 2. The van der Waals surface area contributed by atoms with Gasteiger partial charge in [0.25, 0.3) is 0 Å². The molecule has 0 bridgehead atoms. The van der Waals surface area contributed by atoms with Gasteiger partial charge >= 0.3 is 6.01 Å². The molecule has 5 rings (SSSR count). The van der Waals surface area contributed by atoms with E-state index in [1.165, 1.54) is 0 Å². The Morgan fingerprint density at radius 3 is 2.84 bits per heavy atom. The fraction of sp³-hybridized carbons (Fsp3) is 0.261. The molecule has 158 valence electrons. The van der Waals surface area contributed by atoms with Crippen LogP contribution < -0.4 is 19.5 Å². The molecule has 1 amide bonds. The second-order valence-electron chi connectivity index (χ2n) is 7.63. The van der Waals surface area contributed by atoms with Crippen LogP contribution in [0.2, 0.25) is 0 Å². The molecule has 1 saturated heterocycles. The quantitative estimate of drug-likeness (QED) is 0.493. The van der Waals surface area contributed by atoms with Gasteiger partial charge in [0, 0.05) is 40.7 Å². The summed E-state index contributed by atoms with van der Waals surface area (Å²) in [5, 5.41) is 4.77. The van der Waals surface area contributed by atoms with Gasteiger partial charge in [-0.3, -0.25) is 4.79 Å². The molecule has 3 heterocycles. The molecule has 1 atom stereocenters. The van der Waals surface area contributed by atoms with Gasteiger partial charge in [-0.2, -0.15) is 4.98 Å². The topological polar surface area (TPSA) is 98.4 Å². The Bertz CT molecular complexity index is 1280. The number of aryl methyl sites for hydroxylation is 1. The minimum Gasteiger partial charge on any atom is -0.493 e. The van der Waals surface area contributed by atoms with Crippen LogP contribution in [-0.2, 0) is 4.79 Å². The SMILES string of the molecule is COc1cc2cnc(Oc3ccc4[nH]c(C)cc4c3)nc2cc1OC[C@H]1CCC(=O)N1. The van der Waals surface area contributed by atoms with Crippen LogP contribution in [-0.4, -0.2) is 40.6 Å². The molecule has 0 saturated carbocycles.